The number of amides is 2. The van der Waals surface area contributed by atoms with Crippen LogP contribution in [0.4, 0.5) is 11.4 Å². The van der Waals surface area contributed by atoms with Gasteiger partial charge in [0.25, 0.3) is 11.8 Å². The summed E-state index contributed by atoms with van der Waals surface area (Å²) < 4.78 is 5.41. The first-order chi connectivity index (χ1) is 11.1. The predicted octanol–water partition coefficient (Wildman–Crippen LogP) is 2.24. The first kappa shape index (κ1) is 13.8. The summed E-state index contributed by atoms with van der Waals surface area (Å²) in [7, 11) is 1.70. The molecule has 2 heterocycles. The Balaban J connectivity index is 1.69. The van der Waals surface area contributed by atoms with Crippen LogP contribution in [0.25, 0.3) is 0 Å². The van der Waals surface area contributed by atoms with Gasteiger partial charge in [0.15, 0.2) is 6.61 Å². The number of ether oxygens (including phenoxy) is 1. The van der Waals surface area contributed by atoms with Crippen LogP contribution in [0.5, 0.6) is 5.75 Å². The third-order valence-corrected chi connectivity index (χ3v) is 4.42. The van der Waals surface area contributed by atoms with Crippen molar-refractivity contribution < 1.29 is 14.3 Å². The van der Waals surface area contributed by atoms with Crippen molar-refractivity contribution in [2.24, 2.45) is 0 Å². The van der Waals surface area contributed by atoms with E-state index >= 15 is 0 Å². The molecule has 0 N–H and O–H groups in total. The number of fused-ring (bicyclic) bond motifs is 2. The van der Waals surface area contributed by atoms with Crippen molar-refractivity contribution >= 4 is 23.2 Å². The first-order valence-corrected chi connectivity index (χ1v) is 7.58. The quantitative estimate of drug-likeness (QED) is 0.812. The SMILES string of the molecule is CN1C(=O)COc2ccc(C(=O)N3CCc4ccccc43)cc21. The molecule has 23 heavy (non-hydrogen) atoms. The van der Waals surface area contributed by atoms with Crippen molar-refractivity contribution in [2.75, 3.05) is 30.0 Å². The summed E-state index contributed by atoms with van der Waals surface area (Å²) in [5, 5.41) is 0. The molecule has 0 bridgehead atoms. The lowest BCUT2D eigenvalue weighted by Gasteiger charge is -2.26. The Kier molecular flexibility index (Phi) is 3.08. The molecule has 0 unspecified atom stereocenters. The molecule has 0 radical (unpaired) electrons. The number of rotatable bonds is 1. The van der Waals surface area contributed by atoms with Gasteiger partial charge < -0.3 is 14.5 Å². The fourth-order valence-corrected chi connectivity index (χ4v) is 3.11. The van der Waals surface area contributed by atoms with Gasteiger partial charge in [0.05, 0.1) is 5.69 Å². The number of anilines is 2. The molecule has 0 aromatic heterocycles. The van der Waals surface area contributed by atoms with E-state index in [1.54, 1.807) is 30.1 Å². The normalized spacial score (nSPS) is 16.0. The zero-order chi connectivity index (χ0) is 16.0. The number of carbonyl (C=O) groups excluding carboxylic acids is 2. The number of carbonyl (C=O) groups is 2. The van der Waals surface area contributed by atoms with Crippen LogP contribution in [0.15, 0.2) is 42.5 Å². The summed E-state index contributed by atoms with van der Waals surface area (Å²) in [6.45, 7) is 0.719. The largest absolute Gasteiger partial charge is 0.482 e. The zero-order valence-electron chi connectivity index (χ0n) is 12.8. The summed E-state index contributed by atoms with van der Waals surface area (Å²) in [5.41, 5.74) is 3.36. The lowest BCUT2D eigenvalue weighted by atomic mass is 10.1. The average Bonchev–Trinajstić information content (AvgIpc) is 3.01. The number of benzene rings is 2. The van der Waals surface area contributed by atoms with Gasteiger partial charge in [-0.25, -0.2) is 0 Å². The van der Waals surface area contributed by atoms with Crippen molar-refractivity contribution in [1.82, 2.24) is 0 Å². The van der Waals surface area contributed by atoms with Crippen molar-refractivity contribution in [3.05, 3.63) is 53.6 Å². The highest BCUT2D eigenvalue weighted by Crippen LogP contribution is 2.34. The minimum atomic E-state index is -0.117. The third-order valence-electron chi connectivity index (χ3n) is 4.42. The molecule has 2 amide bonds. The van der Waals surface area contributed by atoms with Crippen LogP contribution in [0.3, 0.4) is 0 Å². The van der Waals surface area contributed by atoms with Gasteiger partial charge in [-0.3, -0.25) is 9.59 Å². The van der Waals surface area contributed by atoms with Crippen molar-refractivity contribution in [3.63, 3.8) is 0 Å². The van der Waals surface area contributed by atoms with Crippen LogP contribution >= 0.6 is 0 Å². The summed E-state index contributed by atoms with van der Waals surface area (Å²) in [4.78, 5) is 28.0. The fourth-order valence-electron chi connectivity index (χ4n) is 3.11. The van der Waals surface area contributed by atoms with Crippen LogP contribution in [-0.4, -0.2) is 32.0 Å². The van der Waals surface area contributed by atoms with Crippen LogP contribution < -0.4 is 14.5 Å². The minimum Gasteiger partial charge on any atom is -0.482 e. The van der Waals surface area contributed by atoms with Gasteiger partial charge in [-0.05, 0) is 36.2 Å². The molecule has 2 aliphatic rings. The number of nitrogens with zero attached hydrogens (tertiary/aromatic N) is 2. The molecule has 116 valence electrons. The second-order valence-corrected chi connectivity index (χ2v) is 5.76. The van der Waals surface area contributed by atoms with Crippen LogP contribution in [0, 0.1) is 0 Å². The Morgan fingerprint density at radius 2 is 1.96 bits per heavy atom. The first-order valence-electron chi connectivity index (χ1n) is 7.58. The van der Waals surface area contributed by atoms with Gasteiger partial charge in [0.1, 0.15) is 5.75 Å². The minimum absolute atomic E-state index is 0.0380. The van der Waals surface area contributed by atoms with Gasteiger partial charge in [-0.15, -0.1) is 0 Å². The molecule has 0 aliphatic carbocycles. The maximum absolute atomic E-state index is 12.9. The Morgan fingerprint density at radius 1 is 1.13 bits per heavy atom. The summed E-state index contributed by atoms with van der Waals surface area (Å²) in [6.07, 6.45) is 0.869. The molecule has 0 fully saturated rings. The number of hydrogen-bond donors (Lipinski definition) is 0. The Bertz CT molecular complexity index is 816. The molecule has 2 aromatic carbocycles. The van der Waals surface area contributed by atoms with E-state index < -0.39 is 0 Å². The maximum atomic E-state index is 12.9. The standard InChI is InChI=1S/C18H16N2O3/c1-19-15-10-13(6-7-16(15)23-11-17(19)21)18(22)20-9-8-12-4-2-3-5-14(12)20/h2-7,10H,8-9,11H2,1H3. The van der Waals surface area contributed by atoms with Gasteiger partial charge in [-0.1, -0.05) is 18.2 Å². The van der Waals surface area contributed by atoms with Crippen molar-refractivity contribution in [3.8, 4) is 5.75 Å². The topological polar surface area (TPSA) is 49.9 Å². The van der Waals surface area contributed by atoms with Crippen LogP contribution in [-0.2, 0) is 11.2 Å². The van der Waals surface area contributed by atoms with Gasteiger partial charge in [0, 0.05) is 24.8 Å². The lowest BCUT2D eigenvalue weighted by Crippen LogP contribution is -2.36. The van der Waals surface area contributed by atoms with E-state index in [-0.39, 0.29) is 18.4 Å². The molecule has 0 spiro atoms. The smallest absolute Gasteiger partial charge is 0.264 e. The molecule has 2 aliphatic heterocycles. The lowest BCUT2D eigenvalue weighted by molar-refractivity contribution is -0.120. The van der Waals surface area contributed by atoms with E-state index in [1.165, 1.54) is 10.5 Å². The maximum Gasteiger partial charge on any atom is 0.264 e. The third kappa shape index (κ3) is 2.16. The molecule has 5 heteroatoms. The van der Waals surface area contributed by atoms with Crippen molar-refractivity contribution in [2.45, 2.75) is 6.42 Å². The van der Waals surface area contributed by atoms with E-state index in [1.807, 2.05) is 18.2 Å². The van der Waals surface area contributed by atoms with Gasteiger partial charge in [-0.2, -0.15) is 0 Å². The van der Waals surface area contributed by atoms with Gasteiger partial charge >= 0.3 is 0 Å². The highest BCUT2D eigenvalue weighted by molar-refractivity contribution is 6.09. The predicted molar refractivity (Wildman–Crippen MR) is 87.2 cm³/mol. The monoisotopic (exact) mass is 308 g/mol. The number of likely N-dealkylation sites (N-methyl/N-ethyl adjacent to an activating group) is 1. The molecule has 0 atom stereocenters. The second kappa shape index (κ2) is 5.12. The Morgan fingerprint density at radius 3 is 2.83 bits per heavy atom. The molecule has 2 aromatic rings. The number of hydrogen-bond acceptors (Lipinski definition) is 3. The second-order valence-electron chi connectivity index (χ2n) is 5.76. The number of para-hydroxylation sites is 1. The van der Waals surface area contributed by atoms with Crippen molar-refractivity contribution in [1.29, 1.82) is 0 Å². The highest BCUT2D eigenvalue weighted by Gasteiger charge is 2.28. The summed E-state index contributed by atoms with van der Waals surface area (Å²) in [6, 6.07) is 13.2. The molecule has 5 nitrogen and oxygen atoms in total. The van der Waals surface area contributed by atoms with Crippen LogP contribution in [0.1, 0.15) is 15.9 Å². The fraction of sp³-hybridized carbons (Fsp3) is 0.222. The van der Waals surface area contributed by atoms with Crippen LogP contribution in [0.2, 0.25) is 0 Å². The average molecular weight is 308 g/mol. The summed E-state index contributed by atoms with van der Waals surface area (Å²) >= 11 is 0. The van der Waals surface area contributed by atoms with E-state index in [0.717, 1.165) is 12.1 Å². The molecule has 4 rings (SSSR count). The molecular formula is C18H16N2O3. The van der Waals surface area contributed by atoms with Gasteiger partial charge in [0.2, 0.25) is 0 Å². The zero-order valence-corrected chi connectivity index (χ0v) is 12.8. The van der Waals surface area contributed by atoms with E-state index in [2.05, 4.69) is 6.07 Å². The van der Waals surface area contributed by atoms with E-state index in [9.17, 15) is 9.59 Å². The Hall–Kier alpha value is -2.82. The molecule has 0 saturated carbocycles. The molecular weight excluding hydrogens is 292 g/mol. The highest BCUT2D eigenvalue weighted by atomic mass is 16.5. The Labute approximate surface area is 134 Å². The molecule has 0 saturated heterocycles. The summed E-state index contributed by atoms with van der Waals surface area (Å²) in [5.74, 6) is 0.461. The van der Waals surface area contributed by atoms with E-state index in [0.29, 0.717) is 23.5 Å². The van der Waals surface area contributed by atoms with E-state index in [4.69, 9.17) is 4.74 Å².